The van der Waals surface area contributed by atoms with E-state index in [1.165, 1.54) is 23.5 Å². The van der Waals surface area contributed by atoms with E-state index >= 15 is 0 Å². The smallest absolute Gasteiger partial charge is 0.342 e. The van der Waals surface area contributed by atoms with E-state index in [4.69, 9.17) is 0 Å². The molecule has 0 amide bonds. The van der Waals surface area contributed by atoms with Crippen LogP contribution in [0.4, 0.5) is 13.2 Å². The number of para-hydroxylation sites is 1. The van der Waals surface area contributed by atoms with Gasteiger partial charge in [0.15, 0.2) is 0 Å². The molecule has 0 saturated heterocycles. The lowest BCUT2D eigenvalue weighted by molar-refractivity contribution is -0.137. The van der Waals surface area contributed by atoms with E-state index in [-0.39, 0.29) is 0 Å². The van der Waals surface area contributed by atoms with Crippen molar-refractivity contribution < 1.29 is 13.2 Å². The molecular formula is C20H14F3N2S. The number of fused-ring (bicyclic) bond motifs is 1. The van der Waals surface area contributed by atoms with E-state index in [9.17, 15) is 13.2 Å². The van der Waals surface area contributed by atoms with Crippen molar-refractivity contribution in [3.8, 4) is 10.6 Å². The zero-order valence-corrected chi connectivity index (χ0v) is 14.7. The van der Waals surface area contributed by atoms with E-state index in [0.717, 1.165) is 38.6 Å². The molecule has 0 saturated carbocycles. The molecule has 0 aliphatic carbocycles. The van der Waals surface area contributed by atoms with Crippen molar-refractivity contribution in [2.45, 2.75) is 19.6 Å². The first-order valence-electron chi connectivity index (χ1n) is 8.01. The van der Waals surface area contributed by atoms with Crippen LogP contribution in [0.25, 0.3) is 21.5 Å². The van der Waals surface area contributed by atoms with Crippen LogP contribution in [-0.2, 0) is 12.7 Å². The molecule has 0 fully saturated rings. The van der Waals surface area contributed by atoms with E-state index in [1.807, 2.05) is 37.4 Å². The number of thiazole rings is 1. The number of alkyl halides is 3. The van der Waals surface area contributed by atoms with Crippen LogP contribution < -0.4 is 0 Å². The maximum Gasteiger partial charge on any atom is 0.416 e. The highest BCUT2D eigenvalue weighted by Gasteiger charge is 2.30. The summed E-state index contributed by atoms with van der Waals surface area (Å²) in [7, 11) is 0. The van der Waals surface area contributed by atoms with Gasteiger partial charge in [0.1, 0.15) is 5.01 Å². The van der Waals surface area contributed by atoms with Crippen LogP contribution in [0.15, 0.2) is 54.7 Å². The zero-order valence-electron chi connectivity index (χ0n) is 13.8. The molecule has 4 rings (SSSR count). The molecule has 0 bridgehead atoms. The Morgan fingerprint density at radius 3 is 2.54 bits per heavy atom. The Hall–Kier alpha value is -2.60. The first-order valence-corrected chi connectivity index (χ1v) is 8.83. The molecule has 2 aromatic carbocycles. The summed E-state index contributed by atoms with van der Waals surface area (Å²) >= 11 is 1.51. The van der Waals surface area contributed by atoms with Gasteiger partial charge in [0.2, 0.25) is 0 Å². The molecule has 0 atom stereocenters. The lowest BCUT2D eigenvalue weighted by atomic mass is 10.1. The van der Waals surface area contributed by atoms with Crippen LogP contribution in [0.2, 0.25) is 0 Å². The number of hydrogen-bond donors (Lipinski definition) is 0. The number of rotatable bonds is 3. The van der Waals surface area contributed by atoms with Gasteiger partial charge < -0.3 is 4.57 Å². The third kappa shape index (κ3) is 3.12. The molecule has 2 heterocycles. The zero-order chi connectivity index (χ0) is 18.3. The Labute approximate surface area is 152 Å². The van der Waals surface area contributed by atoms with Gasteiger partial charge in [-0.25, -0.2) is 4.98 Å². The number of aromatic nitrogens is 2. The average molecular weight is 371 g/mol. The van der Waals surface area contributed by atoms with Crippen LogP contribution in [0.3, 0.4) is 0 Å². The Balaban J connectivity index is 1.63. The van der Waals surface area contributed by atoms with Crippen LogP contribution in [-0.4, -0.2) is 9.55 Å². The normalized spacial score (nSPS) is 12.0. The summed E-state index contributed by atoms with van der Waals surface area (Å²) in [6.45, 7) is 2.59. The first-order chi connectivity index (χ1) is 12.4. The predicted octanol–water partition coefficient (Wildman–Crippen LogP) is 5.94. The van der Waals surface area contributed by atoms with Crippen molar-refractivity contribution in [2.24, 2.45) is 0 Å². The Kier molecular flexibility index (Phi) is 4.07. The summed E-state index contributed by atoms with van der Waals surface area (Å²) in [6, 6.07) is 16.4. The number of halogens is 3. The highest BCUT2D eigenvalue weighted by atomic mass is 32.1. The van der Waals surface area contributed by atoms with Crippen LogP contribution in [0, 0.1) is 13.0 Å². The second-order valence-electron chi connectivity index (χ2n) is 6.02. The van der Waals surface area contributed by atoms with Gasteiger partial charge in [-0.3, -0.25) is 0 Å². The van der Waals surface area contributed by atoms with Gasteiger partial charge >= 0.3 is 6.18 Å². The van der Waals surface area contributed by atoms with Gasteiger partial charge in [-0.1, -0.05) is 30.3 Å². The van der Waals surface area contributed by atoms with Crippen LogP contribution >= 0.6 is 11.3 Å². The van der Waals surface area contributed by atoms with E-state index < -0.39 is 11.7 Å². The molecule has 1 radical (unpaired) electrons. The molecule has 0 spiro atoms. The molecule has 2 aromatic heterocycles. The number of hydrogen-bond acceptors (Lipinski definition) is 2. The van der Waals surface area contributed by atoms with E-state index in [2.05, 4.69) is 15.6 Å². The third-order valence-corrected chi connectivity index (χ3v) is 5.45. The molecule has 0 aliphatic rings. The summed E-state index contributed by atoms with van der Waals surface area (Å²) in [5, 5.41) is 1.78. The second-order valence-corrected chi connectivity index (χ2v) is 7.10. The van der Waals surface area contributed by atoms with Crippen LogP contribution in [0.5, 0.6) is 0 Å². The summed E-state index contributed by atoms with van der Waals surface area (Å²) in [6.07, 6.45) is -2.41. The average Bonchev–Trinajstić information content (AvgIpc) is 3.19. The largest absolute Gasteiger partial charge is 0.416 e. The molecule has 131 valence electrons. The van der Waals surface area contributed by atoms with E-state index in [0.29, 0.717) is 12.1 Å². The second kappa shape index (κ2) is 6.29. The Morgan fingerprint density at radius 2 is 1.81 bits per heavy atom. The topological polar surface area (TPSA) is 17.8 Å². The highest BCUT2D eigenvalue weighted by Crippen LogP contribution is 2.33. The fraction of sp³-hybridized carbons (Fsp3) is 0.150. The molecule has 26 heavy (non-hydrogen) atoms. The minimum absolute atomic E-state index is 0.649. The predicted molar refractivity (Wildman–Crippen MR) is 97.2 cm³/mol. The molecular weight excluding hydrogens is 357 g/mol. The lowest BCUT2D eigenvalue weighted by Gasteiger charge is -2.06. The Bertz CT molecular complexity index is 1060. The number of benzene rings is 2. The minimum atomic E-state index is -4.32. The Morgan fingerprint density at radius 1 is 1.08 bits per heavy atom. The summed E-state index contributed by atoms with van der Waals surface area (Å²) in [5.74, 6) is 0. The standard InChI is InChI=1S/C20H14F3N2S/c1-13-18(12-25-11-10-14-4-2-3-5-17(14)25)26-19(24-13)15-6-8-16(9-7-15)20(21,22)23/h2-9,11H,12H2,1H3. The molecule has 0 unspecified atom stereocenters. The van der Waals surface area contributed by atoms with Crippen LogP contribution in [0.1, 0.15) is 16.1 Å². The van der Waals surface area contributed by atoms with Crippen molar-refractivity contribution in [1.29, 1.82) is 0 Å². The van der Waals surface area contributed by atoms with Crippen molar-refractivity contribution in [3.63, 3.8) is 0 Å². The van der Waals surface area contributed by atoms with Gasteiger partial charge in [0.25, 0.3) is 0 Å². The third-order valence-electron chi connectivity index (χ3n) is 4.26. The summed E-state index contributed by atoms with van der Waals surface area (Å²) in [5.41, 5.74) is 2.03. The summed E-state index contributed by atoms with van der Waals surface area (Å²) < 4.78 is 40.2. The van der Waals surface area contributed by atoms with Crippen molar-refractivity contribution in [3.05, 3.63) is 76.9 Å². The fourth-order valence-corrected chi connectivity index (χ4v) is 3.92. The maximum absolute atomic E-state index is 12.7. The van der Waals surface area contributed by atoms with Crippen molar-refractivity contribution >= 4 is 22.2 Å². The van der Waals surface area contributed by atoms with Crippen molar-refractivity contribution in [1.82, 2.24) is 9.55 Å². The first kappa shape index (κ1) is 16.8. The van der Waals surface area contributed by atoms with Gasteiger partial charge in [0, 0.05) is 33.6 Å². The molecule has 2 nitrogen and oxygen atoms in total. The number of aryl methyl sites for hydroxylation is 1. The SMILES string of the molecule is Cc1nc(-c2ccc(C(F)(F)F)cc2)sc1Cn1c[c]c2ccccc21. The highest BCUT2D eigenvalue weighted by molar-refractivity contribution is 7.15. The molecule has 6 heteroatoms. The van der Waals surface area contributed by atoms with Crippen molar-refractivity contribution in [2.75, 3.05) is 0 Å². The maximum atomic E-state index is 12.7. The lowest BCUT2D eigenvalue weighted by Crippen LogP contribution is -2.03. The number of nitrogens with zero attached hydrogens (tertiary/aromatic N) is 2. The monoisotopic (exact) mass is 371 g/mol. The minimum Gasteiger partial charge on any atom is -0.342 e. The van der Waals surface area contributed by atoms with Gasteiger partial charge in [-0.05, 0) is 25.1 Å². The van der Waals surface area contributed by atoms with E-state index in [1.54, 1.807) is 0 Å². The van der Waals surface area contributed by atoms with Gasteiger partial charge in [-0.2, -0.15) is 13.2 Å². The molecule has 0 aliphatic heterocycles. The van der Waals surface area contributed by atoms with Gasteiger partial charge in [0.05, 0.1) is 17.8 Å². The fourth-order valence-electron chi connectivity index (χ4n) is 2.85. The molecule has 4 aromatic rings. The molecule has 0 N–H and O–H groups in total. The summed E-state index contributed by atoms with van der Waals surface area (Å²) in [4.78, 5) is 5.63. The quantitative estimate of drug-likeness (QED) is 0.436. The van der Waals surface area contributed by atoms with Gasteiger partial charge in [-0.15, -0.1) is 11.3 Å².